The van der Waals surface area contributed by atoms with E-state index < -0.39 is 0 Å². The first kappa shape index (κ1) is 15.4. The molecule has 2 aromatic carbocycles. The van der Waals surface area contributed by atoms with Gasteiger partial charge < -0.3 is 0 Å². The molecular formula is C20H13N3OS. The molecule has 0 aliphatic heterocycles. The van der Waals surface area contributed by atoms with E-state index in [1.807, 2.05) is 53.9 Å². The molecule has 4 aromatic rings. The number of benzene rings is 2. The average Bonchev–Trinajstić information content (AvgIpc) is 3.21. The van der Waals surface area contributed by atoms with Gasteiger partial charge in [0.1, 0.15) is 5.69 Å². The summed E-state index contributed by atoms with van der Waals surface area (Å²) in [4.78, 5) is 16.7. The number of fused-ring (bicyclic) bond motifs is 1. The summed E-state index contributed by atoms with van der Waals surface area (Å²) >= 11 is 1.33. The van der Waals surface area contributed by atoms with Gasteiger partial charge in [-0.1, -0.05) is 47.0 Å². The number of ketones is 1. The van der Waals surface area contributed by atoms with Crippen LogP contribution < -0.4 is 0 Å². The first-order chi connectivity index (χ1) is 12.3. The van der Waals surface area contributed by atoms with Crippen molar-refractivity contribution >= 4 is 34.3 Å². The van der Waals surface area contributed by atoms with Gasteiger partial charge in [0.05, 0.1) is 11.2 Å². The molecule has 2 aromatic heterocycles. The zero-order valence-corrected chi connectivity index (χ0v) is 14.0. The Kier molecular flexibility index (Phi) is 4.14. The maximum absolute atomic E-state index is 12.1. The number of aromatic nitrogens is 3. The van der Waals surface area contributed by atoms with Gasteiger partial charge in [0.15, 0.2) is 5.78 Å². The van der Waals surface area contributed by atoms with Crippen molar-refractivity contribution in [2.75, 3.05) is 0 Å². The number of rotatable bonds is 4. The fraction of sp³-hybridized carbons (Fsp3) is 0. The maximum atomic E-state index is 12.1. The Labute approximate surface area is 148 Å². The van der Waals surface area contributed by atoms with Crippen LogP contribution in [-0.4, -0.2) is 20.4 Å². The molecule has 4 rings (SSSR count). The fourth-order valence-corrected chi connectivity index (χ4v) is 3.01. The minimum atomic E-state index is -0.0334. The van der Waals surface area contributed by atoms with E-state index in [0.29, 0.717) is 5.56 Å². The predicted octanol–water partition coefficient (Wildman–Crippen LogP) is 4.65. The third-order valence-corrected chi connectivity index (χ3v) is 4.33. The van der Waals surface area contributed by atoms with Crippen LogP contribution >= 0.6 is 11.5 Å². The van der Waals surface area contributed by atoms with E-state index in [4.69, 9.17) is 0 Å². The Morgan fingerprint density at radius 2 is 1.88 bits per heavy atom. The van der Waals surface area contributed by atoms with Crippen LogP contribution in [0.25, 0.3) is 28.2 Å². The van der Waals surface area contributed by atoms with Crippen molar-refractivity contribution in [3.05, 3.63) is 83.4 Å². The quantitative estimate of drug-likeness (QED) is 0.400. The summed E-state index contributed by atoms with van der Waals surface area (Å²) in [5, 5.41) is 7.03. The van der Waals surface area contributed by atoms with Gasteiger partial charge in [-0.15, -0.1) is 5.10 Å². The first-order valence-corrected chi connectivity index (χ1v) is 8.59. The van der Waals surface area contributed by atoms with Crippen molar-refractivity contribution in [3.8, 4) is 11.3 Å². The molecule has 0 N–H and O–H groups in total. The summed E-state index contributed by atoms with van der Waals surface area (Å²) in [7, 11) is 0. The van der Waals surface area contributed by atoms with Crippen molar-refractivity contribution in [1.29, 1.82) is 0 Å². The van der Waals surface area contributed by atoms with Crippen molar-refractivity contribution in [3.63, 3.8) is 0 Å². The van der Waals surface area contributed by atoms with Crippen LogP contribution in [0.5, 0.6) is 0 Å². The Morgan fingerprint density at radius 3 is 2.68 bits per heavy atom. The summed E-state index contributed by atoms with van der Waals surface area (Å²) in [5.74, 6) is -0.0334. The predicted molar refractivity (Wildman–Crippen MR) is 100 cm³/mol. The highest BCUT2D eigenvalue weighted by Crippen LogP contribution is 2.23. The van der Waals surface area contributed by atoms with Gasteiger partial charge in [-0.2, -0.15) is 0 Å². The van der Waals surface area contributed by atoms with Crippen molar-refractivity contribution in [2.24, 2.45) is 0 Å². The highest BCUT2D eigenvalue weighted by molar-refractivity contribution is 7.03. The van der Waals surface area contributed by atoms with Crippen LogP contribution in [0.15, 0.2) is 72.1 Å². The van der Waals surface area contributed by atoms with Gasteiger partial charge in [-0.25, -0.2) is 4.98 Å². The topological polar surface area (TPSA) is 55.7 Å². The Morgan fingerprint density at radius 1 is 1.00 bits per heavy atom. The molecule has 0 spiro atoms. The number of pyridine rings is 1. The van der Waals surface area contributed by atoms with Gasteiger partial charge >= 0.3 is 0 Å². The molecular weight excluding hydrogens is 330 g/mol. The molecule has 0 unspecified atom stereocenters. The summed E-state index contributed by atoms with van der Waals surface area (Å²) in [6, 6.07) is 19.1. The van der Waals surface area contributed by atoms with E-state index in [1.165, 1.54) is 11.5 Å². The SMILES string of the molecule is O=C(/C=C/c1ccc2cc(-c3csnn3)ccc2n1)c1ccccc1. The molecule has 0 aliphatic carbocycles. The second-order valence-corrected chi connectivity index (χ2v) is 6.11. The third kappa shape index (κ3) is 3.36. The minimum absolute atomic E-state index is 0.0334. The van der Waals surface area contributed by atoms with Crippen LogP contribution in [0, 0.1) is 0 Å². The Balaban J connectivity index is 1.60. The molecule has 0 amide bonds. The second kappa shape index (κ2) is 6.75. The van der Waals surface area contributed by atoms with Crippen LogP contribution in [0.4, 0.5) is 0 Å². The first-order valence-electron chi connectivity index (χ1n) is 7.75. The molecule has 5 heteroatoms. The van der Waals surface area contributed by atoms with Gasteiger partial charge in [-0.05, 0) is 41.9 Å². The highest BCUT2D eigenvalue weighted by Gasteiger charge is 2.04. The molecule has 2 heterocycles. The van der Waals surface area contributed by atoms with Gasteiger partial charge in [0.25, 0.3) is 0 Å². The molecule has 120 valence electrons. The zero-order valence-electron chi connectivity index (χ0n) is 13.2. The Bertz CT molecular complexity index is 1060. The van der Waals surface area contributed by atoms with E-state index in [2.05, 4.69) is 14.6 Å². The number of hydrogen-bond acceptors (Lipinski definition) is 5. The zero-order chi connectivity index (χ0) is 17.1. The normalized spacial score (nSPS) is 11.2. The number of nitrogens with zero attached hydrogens (tertiary/aromatic N) is 3. The van der Waals surface area contributed by atoms with E-state index in [1.54, 1.807) is 24.3 Å². The van der Waals surface area contributed by atoms with E-state index in [-0.39, 0.29) is 5.78 Å². The number of carbonyl (C=O) groups is 1. The summed E-state index contributed by atoms with van der Waals surface area (Å²) in [5.41, 5.74) is 4.18. The molecule has 0 fully saturated rings. The Hall–Kier alpha value is -3.18. The van der Waals surface area contributed by atoms with E-state index in [9.17, 15) is 4.79 Å². The van der Waals surface area contributed by atoms with E-state index >= 15 is 0 Å². The second-order valence-electron chi connectivity index (χ2n) is 5.50. The summed E-state index contributed by atoms with van der Waals surface area (Å²) in [6.07, 6.45) is 3.30. The van der Waals surface area contributed by atoms with Gasteiger partial charge in [-0.3, -0.25) is 4.79 Å². The lowest BCUT2D eigenvalue weighted by molar-refractivity contribution is 0.104. The van der Waals surface area contributed by atoms with Crippen LogP contribution in [0.1, 0.15) is 16.1 Å². The molecule has 0 atom stereocenters. The van der Waals surface area contributed by atoms with Gasteiger partial charge in [0.2, 0.25) is 0 Å². The van der Waals surface area contributed by atoms with Crippen molar-refractivity contribution < 1.29 is 4.79 Å². The lowest BCUT2D eigenvalue weighted by Crippen LogP contribution is -1.93. The molecule has 0 saturated carbocycles. The van der Waals surface area contributed by atoms with Crippen LogP contribution in [0.3, 0.4) is 0 Å². The maximum Gasteiger partial charge on any atom is 0.185 e. The smallest absolute Gasteiger partial charge is 0.185 e. The van der Waals surface area contributed by atoms with E-state index in [0.717, 1.165) is 27.9 Å². The number of hydrogen-bond donors (Lipinski definition) is 0. The molecule has 4 nitrogen and oxygen atoms in total. The standard InChI is InChI=1S/C20H13N3OS/c24-20(14-4-2-1-3-5-14)11-9-17-8-6-15-12-16(7-10-18(15)21-17)19-13-25-23-22-19/h1-13H/b11-9+. The molecule has 0 saturated heterocycles. The summed E-state index contributed by atoms with van der Waals surface area (Å²) in [6.45, 7) is 0. The monoisotopic (exact) mass is 343 g/mol. The number of allylic oxidation sites excluding steroid dienone is 1. The third-order valence-electron chi connectivity index (χ3n) is 3.83. The van der Waals surface area contributed by atoms with Crippen molar-refractivity contribution in [2.45, 2.75) is 0 Å². The average molecular weight is 343 g/mol. The molecule has 0 bridgehead atoms. The summed E-state index contributed by atoms with van der Waals surface area (Å²) < 4.78 is 3.89. The lowest BCUT2D eigenvalue weighted by atomic mass is 10.1. The number of carbonyl (C=O) groups excluding carboxylic acids is 1. The lowest BCUT2D eigenvalue weighted by Gasteiger charge is -2.02. The highest BCUT2D eigenvalue weighted by atomic mass is 32.1. The molecule has 0 aliphatic rings. The van der Waals surface area contributed by atoms with Crippen molar-refractivity contribution in [1.82, 2.24) is 14.6 Å². The van der Waals surface area contributed by atoms with Crippen LogP contribution in [-0.2, 0) is 0 Å². The molecule has 25 heavy (non-hydrogen) atoms. The van der Waals surface area contributed by atoms with Gasteiger partial charge in [0, 0.05) is 21.9 Å². The van der Waals surface area contributed by atoms with Crippen LogP contribution in [0.2, 0.25) is 0 Å². The minimum Gasteiger partial charge on any atom is -0.289 e. The fourth-order valence-electron chi connectivity index (χ4n) is 2.54. The largest absolute Gasteiger partial charge is 0.289 e. The molecule has 0 radical (unpaired) electrons.